The first-order valence-electron chi connectivity index (χ1n) is 7.24. The Balaban J connectivity index is 4.23. The second-order valence-corrected chi connectivity index (χ2v) is 7.14. The fourth-order valence-electron chi connectivity index (χ4n) is 3.41. The minimum Gasteiger partial charge on any atom is -0.394 e. The predicted octanol–water partition coefficient (Wildman–Crippen LogP) is -3.16. The normalized spacial score (nSPS) is 41.3. The molecular formula is C14H20O11S. The van der Waals surface area contributed by atoms with Gasteiger partial charge in [-0.25, -0.2) is 4.21 Å². The number of aliphatic hydroxyl groups is 4. The van der Waals surface area contributed by atoms with Crippen LogP contribution in [0.15, 0.2) is 0 Å². The van der Waals surface area contributed by atoms with E-state index in [0.29, 0.717) is 27.7 Å². The first kappa shape index (κ1) is 22.6. The van der Waals surface area contributed by atoms with Gasteiger partial charge in [0.15, 0.2) is 39.8 Å². The monoisotopic (exact) mass is 396 g/mol. The van der Waals surface area contributed by atoms with Crippen LogP contribution in [-0.2, 0) is 35.0 Å². The Bertz CT molecular complexity index is 689. The van der Waals surface area contributed by atoms with E-state index < -0.39 is 68.7 Å². The minimum atomic E-state index is -3.83. The molecule has 1 aliphatic heterocycles. The van der Waals surface area contributed by atoms with E-state index in [4.69, 9.17) is 4.74 Å². The maximum Gasteiger partial charge on any atom is 0.266 e. The van der Waals surface area contributed by atoms with Crippen molar-refractivity contribution in [3.05, 3.63) is 0 Å². The molecule has 5 N–H and O–H groups in total. The smallest absolute Gasteiger partial charge is 0.266 e. The van der Waals surface area contributed by atoms with E-state index in [1.165, 1.54) is 0 Å². The number of hydrogen-bond donors (Lipinski definition) is 5. The third-order valence-electron chi connectivity index (χ3n) is 4.76. The summed E-state index contributed by atoms with van der Waals surface area (Å²) in [4.78, 5) is 45.3. The summed E-state index contributed by atoms with van der Waals surface area (Å²) in [5, 5.41) is 42.2. The number of aliphatic hydroxyl groups excluding tert-OH is 1. The van der Waals surface area contributed by atoms with Gasteiger partial charge in [-0.2, -0.15) is 0 Å². The predicted molar refractivity (Wildman–Crippen MR) is 83.0 cm³/mol. The first-order valence-corrected chi connectivity index (χ1v) is 8.35. The van der Waals surface area contributed by atoms with Crippen molar-refractivity contribution in [2.75, 3.05) is 6.61 Å². The summed E-state index contributed by atoms with van der Waals surface area (Å²) >= 11 is -3.55. The standard InChI is InChI=1S/C14H20O11S/c1-6(16)11(20)10(5-15)25-14(9(4)19,26(23)24)13(22,8(3)18)12(11,21)7(2)17/h10,15,20-22H,5H2,1-4H3,(H,23,24)/t10-,11-,12+,13-,14?/m1/s1. The number of ether oxygens (including phenoxy) is 1. The van der Waals surface area contributed by atoms with E-state index in [0.717, 1.165) is 0 Å². The molecule has 12 heteroatoms. The molecule has 0 aromatic rings. The van der Waals surface area contributed by atoms with Crippen molar-refractivity contribution in [2.24, 2.45) is 0 Å². The SMILES string of the molecule is CC(=O)C1(S(=O)O)O[C@H](CO)[C@](O)(C(C)=O)[C@@](O)(C(C)=O)[C@]1(O)C(C)=O. The van der Waals surface area contributed by atoms with Crippen LogP contribution in [0.1, 0.15) is 27.7 Å². The van der Waals surface area contributed by atoms with Crippen molar-refractivity contribution < 1.29 is 53.1 Å². The van der Waals surface area contributed by atoms with Crippen LogP contribution in [0.25, 0.3) is 0 Å². The fourth-order valence-corrected chi connectivity index (χ4v) is 4.40. The summed E-state index contributed by atoms with van der Waals surface area (Å²) < 4.78 is 26.6. The second kappa shape index (κ2) is 6.64. The molecule has 11 nitrogen and oxygen atoms in total. The molecule has 0 amide bonds. The Morgan fingerprint density at radius 1 is 0.885 bits per heavy atom. The van der Waals surface area contributed by atoms with Crippen molar-refractivity contribution in [1.82, 2.24) is 0 Å². The lowest BCUT2D eigenvalue weighted by atomic mass is 9.58. The lowest BCUT2D eigenvalue weighted by Crippen LogP contribution is -2.91. The topological polar surface area (TPSA) is 196 Å². The average molecular weight is 396 g/mol. The van der Waals surface area contributed by atoms with Crippen LogP contribution in [0.4, 0.5) is 0 Å². The molecule has 1 heterocycles. The summed E-state index contributed by atoms with van der Waals surface area (Å²) in [6.45, 7) is 1.10. The van der Waals surface area contributed by atoms with E-state index >= 15 is 0 Å². The lowest BCUT2D eigenvalue weighted by molar-refractivity contribution is -0.324. The second-order valence-electron chi connectivity index (χ2n) is 6.07. The molecule has 0 radical (unpaired) electrons. The Labute approximate surface area is 150 Å². The van der Waals surface area contributed by atoms with Gasteiger partial charge in [0.1, 0.15) is 6.10 Å². The van der Waals surface area contributed by atoms with E-state index in [9.17, 15) is 48.4 Å². The summed E-state index contributed by atoms with van der Waals surface area (Å²) in [6.07, 6.45) is -2.30. The van der Waals surface area contributed by atoms with Gasteiger partial charge in [-0.05, 0) is 27.7 Å². The summed E-state index contributed by atoms with van der Waals surface area (Å²) in [5.41, 5.74) is -11.0. The summed E-state index contributed by atoms with van der Waals surface area (Å²) in [5.74, 6) is -6.07. The molecule has 0 spiro atoms. The number of rotatable bonds is 6. The van der Waals surface area contributed by atoms with E-state index in [2.05, 4.69) is 0 Å². The molecule has 1 rings (SSSR count). The summed E-state index contributed by atoms with van der Waals surface area (Å²) in [6, 6.07) is 0. The molecule has 0 saturated carbocycles. The van der Waals surface area contributed by atoms with Gasteiger partial charge < -0.3 is 29.7 Å². The molecule has 0 bridgehead atoms. The molecule has 0 aromatic heterocycles. The van der Waals surface area contributed by atoms with E-state index in [1.807, 2.05) is 0 Å². The van der Waals surface area contributed by atoms with Gasteiger partial charge in [0.05, 0.1) is 6.61 Å². The zero-order valence-electron chi connectivity index (χ0n) is 14.4. The Morgan fingerprint density at radius 3 is 1.54 bits per heavy atom. The zero-order valence-corrected chi connectivity index (χ0v) is 15.2. The zero-order chi connectivity index (χ0) is 20.9. The third kappa shape index (κ3) is 2.24. The summed E-state index contributed by atoms with van der Waals surface area (Å²) in [7, 11) is 0. The molecule has 2 unspecified atom stereocenters. The maximum atomic E-state index is 12.3. The number of carbonyl (C=O) groups excluding carboxylic acids is 4. The Morgan fingerprint density at radius 2 is 1.31 bits per heavy atom. The number of ketones is 4. The van der Waals surface area contributed by atoms with Gasteiger partial charge in [-0.3, -0.25) is 19.2 Å². The maximum absolute atomic E-state index is 12.3. The quantitative estimate of drug-likeness (QED) is 0.284. The Hall–Kier alpha value is -1.41. The first-order chi connectivity index (χ1) is 11.6. The van der Waals surface area contributed by atoms with Gasteiger partial charge in [0.25, 0.3) is 4.93 Å². The van der Waals surface area contributed by atoms with Crippen molar-refractivity contribution in [3.63, 3.8) is 0 Å². The molecule has 1 saturated heterocycles. The molecular weight excluding hydrogens is 376 g/mol. The molecule has 6 atom stereocenters. The van der Waals surface area contributed by atoms with Crippen LogP contribution < -0.4 is 0 Å². The molecule has 148 valence electrons. The van der Waals surface area contributed by atoms with Crippen molar-refractivity contribution >= 4 is 34.2 Å². The van der Waals surface area contributed by atoms with Crippen LogP contribution in [0.3, 0.4) is 0 Å². The highest BCUT2D eigenvalue weighted by molar-refractivity contribution is 7.81. The minimum absolute atomic E-state index is 0.557. The molecule has 0 aliphatic carbocycles. The van der Waals surface area contributed by atoms with Crippen molar-refractivity contribution in [1.29, 1.82) is 0 Å². The highest BCUT2D eigenvalue weighted by atomic mass is 32.2. The molecule has 0 aromatic carbocycles. The van der Waals surface area contributed by atoms with E-state index in [1.54, 1.807) is 0 Å². The van der Waals surface area contributed by atoms with Crippen LogP contribution in [0.5, 0.6) is 0 Å². The van der Waals surface area contributed by atoms with Crippen molar-refractivity contribution in [3.8, 4) is 0 Å². The van der Waals surface area contributed by atoms with Gasteiger partial charge in [0.2, 0.25) is 11.2 Å². The largest absolute Gasteiger partial charge is 0.394 e. The highest BCUT2D eigenvalue weighted by Crippen LogP contribution is 2.52. The highest BCUT2D eigenvalue weighted by Gasteiger charge is 2.85. The fraction of sp³-hybridized carbons (Fsp3) is 0.714. The molecule has 1 aliphatic rings. The van der Waals surface area contributed by atoms with Gasteiger partial charge in [0, 0.05) is 0 Å². The van der Waals surface area contributed by atoms with Crippen LogP contribution in [0.2, 0.25) is 0 Å². The molecule has 1 fully saturated rings. The van der Waals surface area contributed by atoms with E-state index in [-0.39, 0.29) is 0 Å². The average Bonchev–Trinajstić information content (AvgIpc) is 2.51. The third-order valence-corrected chi connectivity index (χ3v) is 5.93. The number of hydrogen-bond acceptors (Lipinski definition) is 10. The van der Waals surface area contributed by atoms with Gasteiger partial charge in [-0.15, -0.1) is 0 Å². The van der Waals surface area contributed by atoms with Gasteiger partial charge in [-0.1, -0.05) is 0 Å². The number of carbonyl (C=O) groups is 4. The van der Waals surface area contributed by atoms with Crippen LogP contribution >= 0.6 is 0 Å². The van der Waals surface area contributed by atoms with Crippen LogP contribution in [-0.4, -0.2) is 86.8 Å². The Kier molecular flexibility index (Phi) is 5.78. The van der Waals surface area contributed by atoms with Crippen LogP contribution in [0, 0.1) is 0 Å². The van der Waals surface area contributed by atoms with Gasteiger partial charge >= 0.3 is 0 Å². The number of Topliss-reactive ketones (excluding diaryl/α,β-unsaturated/α-hetero) is 4. The lowest BCUT2D eigenvalue weighted by Gasteiger charge is -2.60. The molecule has 26 heavy (non-hydrogen) atoms. The van der Waals surface area contributed by atoms with Crippen molar-refractivity contribution in [2.45, 2.75) is 55.5 Å².